The Morgan fingerprint density at radius 1 is 1.30 bits per heavy atom. The molecule has 2 atom stereocenters. The Hall–Kier alpha value is -2.13. The van der Waals surface area contributed by atoms with Crippen LogP contribution in [0, 0.1) is 0 Å². The van der Waals surface area contributed by atoms with Gasteiger partial charge >= 0.3 is 6.36 Å². The smallest absolute Gasteiger partial charge is 0.406 e. The number of amides is 1. The van der Waals surface area contributed by atoms with Gasteiger partial charge in [0, 0.05) is 5.56 Å². The normalized spacial score (nSPS) is 14.4. The molecule has 4 N–H and O–H groups in total. The maximum Gasteiger partial charge on any atom is 0.573 e. The lowest BCUT2D eigenvalue weighted by atomic mass is 10.0. The lowest BCUT2D eigenvalue weighted by Crippen LogP contribution is -2.34. The summed E-state index contributed by atoms with van der Waals surface area (Å²) in [6.45, 7) is 0. The van der Waals surface area contributed by atoms with Gasteiger partial charge in [0.1, 0.15) is 18.1 Å². The van der Waals surface area contributed by atoms with Crippen LogP contribution in [0.5, 0.6) is 5.75 Å². The van der Waals surface area contributed by atoms with Crippen molar-refractivity contribution in [1.82, 2.24) is 0 Å². The fraction of sp³-hybridized carbons (Fsp3) is 0.273. The maximum absolute atomic E-state index is 12.1. The molecule has 0 saturated carbocycles. The van der Waals surface area contributed by atoms with Gasteiger partial charge in [-0.2, -0.15) is 0 Å². The van der Waals surface area contributed by atoms with Gasteiger partial charge in [-0.3, -0.25) is 9.59 Å². The van der Waals surface area contributed by atoms with Crippen LogP contribution in [0.4, 0.5) is 13.2 Å². The summed E-state index contributed by atoms with van der Waals surface area (Å²) >= 11 is 0. The highest BCUT2D eigenvalue weighted by Gasteiger charge is 2.32. The van der Waals surface area contributed by atoms with E-state index in [4.69, 9.17) is 5.73 Å². The van der Waals surface area contributed by atoms with Crippen molar-refractivity contribution in [3.63, 3.8) is 0 Å². The first kappa shape index (κ1) is 15.9. The van der Waals surface area contributed by atoms with Crippen LogP contribution in [0.15, 0.2) is 18.2 Å². The summed E-state index contributed by atoms with van der Waals surface area (Å²) in [5, 5.41) is 18.9. The second-order valence-corrected chi connectivity index (χ2v) is 3.79. The third-order valence-corrected chi connectivity index (χ3v) is 2.25. The van der Waals surface area contributed by atoms with Gasteiger partial charge in [0.25, 0.3) is 0 Å². The van der Waals surface area contributed by atoms with Crippen LogP contribution < -0.4 is 10.5 Å². The Morgan fingerprint density at radius 3 is 2.35 bits per heavy atom. The Bertz CT molecular complexity index is 517. The molecule has 9 heteroatoms. The molecular weight excluding hydrogens is 283 g/mol. The monoisotopic (exact) mass is 293 g/mol. The summed E-state index contributed by atoms with van der Waals surface area (Å²) in [7, 11) is 0. The number of benzene rings is 1. The third kappa shape index (κ3) is 4.21. The second-order valence-electron chi connectivity index (χ2n) is 3.79. The van der Waals surface area contributed by atoms with Gasteiger partial charge in [-0.15, -0.1) is 13.2 Å². The summed E-state index contributed by atoms with van der Waals surface area (Å²) in [6.07, 6.45) is -8.69. The average Bonchev–Trinajstić information content (AvgIpc) is 2.34. The van der Waals surface area contributed by atoms with E-state index in [9.17, 15) is 33.0 Å². The highest BCUT2D eigenvalue weighted by molar-refractivity contribution is 5.80. The number of ether oxygens (including phenoxy) is 1. The van der Waals surface area contributed by atoms with E-state index in [1.807, 2.05) is 0 Å². The van der Waals surface area contributed by atoms with Gasteiger partial charge < -0.3 is 20.7 Å². The molecule has 0 heterocycles. The number of aliphatic hydroxyl groups is 2. The van der Waals surface area contributed by atoms with E-state index in [0.29, 0.717) is 0 Å². The average molecular weight is 293 g/mol. The Labute approximate surface area is 110 Å². The van der Waals surface area contributed by atoms with Gasteiger partial charge in [0.2, 0.25) is 5.91 Å². The molecule has 0 saturated heterocycles. The van der Waals surface area contributed by atoms with Crippen LogP contribution in [0.2, 0.25) is 0 Å². The molecule has 0 aliphatic carbocycles. The van der Waals surface area contributed by atoms with Crippen molar-refractivity contribution in [2.75, 3.05) is 0 Å². The molecule has 0 radical (unpaired) electrons. The summed E-state index contributed by atoms with van der Waals surface area (Å²) < 4.78 is 39.9. The third-order valence-electron chi connectivity index (χ3n) is 2.25. The van der Waals surface area contributed by atoms with Gasteiger partial charge in [-0.1, -0.05) is 0 Å². The zero-order chi connectivity index (χ0) is 15.5. The summed E-state index contributed by atoms with van der Waals surface area (Å²) in [4.78, 5) is 21.3. The quantitative estimate of drug-likeness (QED) is 0.675. The summed E-state index contributed by atoms with van der Waals surface area (Å²) in [6, 6.07) is 2.51. The van der Waals surface area contributed by atoms with Gasteiger partial charge in [0.05, 0.1) is 0 Å². The van der Waals surface area contributed by atoms with Crippen molar-refractivity contribution in [1.29, 1.82) is 0 Å². The lowest BCUT2D eigenvalue weighted by molar-refractivity contribution is -0.274. The van der Waals surface area contributed by atoms with Crippen LogP contribution in [0.25, 0.3) is 0 Å². The summed E-state index contributed by atoms with van der Waals surface area (Å²) in [5.74, 6) is -2.04. The van der Waals surface area contributed by atoms with Gasteiger partial charge in [-0.05, 0) is 23.8 Å². The second kappa shape index (κ2) is 5.88. The minimum atomic E-state index is -4.99. The van der Waals surface area contributed by atoms with Crippen LogP contribution in [-0.4, -0.2) is 34.9 Å². The molecule has 0 spiro atoms. The van der Waals surface area contributed by atoms with E-state index in [1.165, 1.54) is 0 Å². The van der Waals surface area contributed by atoms with E-state index in [-0.39, 0.29) is 17.4 Å². The molecule has 0 aromatic heterocycles. The van der Waals surface area contributed by atoms with Crippen LogP contribution in [-0.2, 0) is 4.79 Å². The largest absolute Gasteiger partial charge is 0.573 e. The first-order valence-corrected chi connectivity index (χ1v) is 5.15. The number of aliphatic hydroxyl groups excluding tert-OH is 2. The molecule has 110 valence electrons. The Kier molecular flexibility index (Phi) is 4.69. The predicted octanol–water partition coefficient (Wildman–Crippen LogP) is 0.277. The number of hydrogen-bond donors (Lipinski definition) is 3. The topological polar surface area (TPSA) is 110 Å². The van der Waals surface area contributed by atoms with Crippen LogP contribution in [0.3, 0.4) is 0 Å². The maximum atomic E-state index is 12.1. The number of primary amides is 1. The van der Waals surface area contributed by atoms with Crippen LogP contribution >= 0.6 is 0 Å². The molecule has 1 amide bonds. The van der Waals surface area contributed by atoms with E-state index in [1.54, 1.807) is 0 Å². The zero-order valence-corrected chi connectivity index (χ0v) is 9.79. The molecule has 1 rings (SSSR count). The van der Waals surface area contributed by atoms with Crippen molar-refractivity contribution in [2.24, 2.45) is 5.73 Å². The van der Waals surface area contributed by atoms with Crippen LogP contribution in [0.1, 0.15) is 22.0 Å². The SMILES string of the molecule is NC(=O)C(O)C(O)c1cc(C=O)cc(OC(F)(F)F)c1. The molecule has 0 aliphatic rings. The fourth-order valence-electron chi connectivity index (χ4n) is 1.42. The molecule has 6 nitrogen and oxygen atoms in total. The first-order chi connectivity index (χ1) is 9.14. The number of hydrogen-bond acceptors (Lipinski definition) is 5. The van der Waals surface area contributed by atoms with E-state index in [0.717, 1.165) is 18.2 Å². The number of rotatable bonds is 5. The standard InChI is InChI=1S/C11H10F3NO5/c12-11(13,14)20-7-2-5(4-16)1-6(3-7)8(17)9(18)10(15)19/h1-4,8-9,17-18H,(H2,15,19). The van der Waals surface area contributed by atoms with Crippen molar-refractivity contribution in [3.8, 4) is 5.75 Å². The molecule has 20 heavy (non-hydrogen) atoms. The Balaban J connectivity index is 3.16. The van der Waals surface area contributed by atoms with E-state index >= 15 is 0 Å². The van der Waals surface area contributed by atoms with Crippen molar-refractivity contribution in [2.45, 2.75) is 18.6 Å². The highest BCUT2D eigenvalue weighted by Crippen LogP contribution is 2.28. The number of halogens is 3. The molecule has 0 bridgehead atoms. The summed E-state index contributed by atoms with van der Waals surface area (Å²) in [5.41, 5.74) is 4.20. The predicted molar refractivity (Wildman–Crippen MR) is 58.7 cm³/mol. The van der Waals surface area contributed by atoms with Gasteiger partial charge in [-0.25, -0.2) is 0 Å². The minimum Gasteiger partial charge on any atom is -0.406 e. The molecule has 1 aromatic carbocycles. The number of carbonyl (C=O) groups is 2. The molecule has 2 unspecified atom stereocenters. The van der Waals surface area contributed by atoms with E-state index in [2.05, 4.69) is 4.74 Å². The number of aldehydes is 1. The zero-order valence-electron chi connectivity index (χ0n) is 9.79. The highest BCUT2D eigenvalue weighted by atomic mass is 19.4. The van der Waals surface area contributed by atoms with Crippen molar-refractivity contribution >= 4 is 12.2 Å². The molecule has 0 fully saturated rings. The van der Waals surface area contributed by atoms with E-state index < -0.39 is 30.2 Å². The number of carbonyl (C=O) groups excluding carboxylic acids is 2. The first-order valence-electron chi connectivity index (χ1n) is 5.15. The molecule has 1 aromatic rings. The fourth-order valence-corrected chi connectivity index (χ4v) is 1.42. The number of alkyl halides is 3. The molecular formula is C11H10F3NO5. The van der Waals surface area contributed by atoms with Crippen molar-refractivity contribution in [3.05, 3.63) is 29.3 Å². The van der Waals surface area contributed by atoms with Gasteiger partial charge in [0.15, 0.2) is 6.10 Å². The van der Waals surface area contributed by atoms with Crippen molar-refractivity contribution < 1.29 is 37.7 Å². The Morgan fingerprint density at radius 2 is 1.90 bits per heavy atom. The number of nitrogens with two attached hydrogens (primary N) is 1. The minimum absolute atomic E-state index is 0.218. The molecule has 0 aliphatic heterocycles. The lowest BCUT2D eigenvalue weighted by Gasteiger charge is -2.17.